The summed E-state index contributed by atoms with van der Waals surface area (Å²) in [6.45, 7) is 4.95. The average Bonchev–Trinajstić information content (AvgIpc) is 2.72. The molecule has 1 aliphatic rings. The Bertz CT molecular complexity index is 714. The number of anilines is 2. The lowest BCUT2D eigenvalue weighted by molar-refractivity contribution is 0.703. The van der Waals surface area contributed by atoms with E-state index in [9.17, 15) is 0 Å². The minimum absolute atomic E-state index is 0.0786. The fourth-order valence-corrected chi connectivity index (χ4v) is 3.22. The Hall–Kier alpha value is -2.30. The van der Waals surface area contributed by atoms with Gasteiger partial charge in [-0.1, -0.05) is 17.7 Å². The third kappa shape index (κ3) is 2.18. The van der Waals surface area contributed by atoms with Gasteiger partial charge in [-0.3, -0.25) is 10.1 Å². The van der Waals surface area contributed by atoms with Crippen molar-refractivity contribution in [2.45, 2.75) is 26.7 Å². The number of nitrogens with one attached hydrogen (secondary N) is 1. The van der Waals surface area contributed by atoms with Gasteiger partial charge in [0.25, 0.3) is 0 Å². The summed E-state index contributed by atoms with van der Waals surface area (Å²) in [6.07, 6.45) is 2.19. The van der Waals surface area contributed by atoms with E-state index in [1.54, 1.807) is 0 Å². The minimum Gasteiger partial charge on any atom is -0.384 e. The molecule has 5 heteroatoms. The first-order valence-corrected chi connectivity index (χ1v) is 7.24. The molecule has 0 unspecified atom stereocenters. The molecule has 2 heterocycles. The summed E-state index contributed by atoms with van der Waals surface area (Å²) in [5.74, 6) is 1.000. The van der Waals surface area contributed by atoms with Gasteiger partial charge in [0.1, 0.15) is 11.7 Å². The predicted octanol–water partition coefficient (Wildman–Crippen LogP) is 2.41. The summed E-state index contributed by atoms with van der Waals surface area (Å²) < 4.78 is 1.83. The molecule has 0 atom stereocenters. The number of hydrogen-bond acceptors (Lipinski definition) is 3. The second-order valence-corrected chi connectivity index (χ2v) is 5.71. The van der Waals surface area contributed by atoms with Crippen LogP contribution in [0.1, 0.15) is 28.8 Å². The van der Waals surface area contributed by atoms with Gasteiger partial charge in [0.2, 0.25) is 0 Å². The van der Waals surface area contributed by atoms with Crippen LogP contribution in [0, 0.1) is 19.3 Å². The second kappa shape index (κ2) is 4.91. The number of amidine groups is 1. The van der Waals surface area contributed by atoms with Gasteiger partial charge in [0.15, 0.2) is 0 Å². The molecule has 3 rings (SSSR count). The quantitative estimate of drug-likeness (QED) is 0.656. The number of nitrogens with two attached hydrogens (primary N) is 1. The van der Waals surface area contributed by atoms with Crippen molar-refractivity contribution < 1.29 is 0 Å². The number of aromatic nitrogens is 2. The zero-order chi connectivity index (χ0) is 15.1. The van der Waals surface area contributed by atoms with E-state index in [2.05, 4.69) is 35.1 Å². The molecule has 1 aliphatic heterocycles. The van der Waals surface area contributed by atoms with Gasteiger partial charge in [0, 0.05) is 19.3 Å². The van der Waals surface area contributed by atoms with Crippen LogP contribution in [0.4, 0.5) is 11.5 Å². The van der Waals surface area contributed by atoms with Gasteiger partial charge in [-0.05, 0) is 38.3 Å². The van der Waals surface area contributed by atoms with Gasteiger partial charge < -0.3 is 10.6 Å². The Balaban J connectivity index is 2.18. The SMILES string of the molecule is Cc1ccc2c(c1)CCCN2c1c(C(=N)N)c(C)nn1C. The highest BCUT2D eigenvalue weighted by molar-refractivity contribution is 6.01. The van der Waals surface area contributed by atoms with Crippen molar-refractivity contribution in [1.29, 1.82) is 5.41 Å². The highest BCUT2D eigenvalue weighted by Gasteiger charge is 2.26. The van der Waals surface area contributed by atoms with Crippen LogP contribution in [-0.4, -0.2) is 22.2 Å². The van der Waals surface area contributed by atoms with Crippen LogP contribution in [0.2, 0.25) is 0 Å². The van der Waals surface area contributed by atoms with Crippen LogP contribution in [0.15, 0.2) is 18.2 Å². The first kappa shape index (κ1) is 13.7. The Morgan fingerprint density at radius 1 is 1.33 bits per heavy atom. The molecule has 0 saturated heterocycles. The van der Waals surface area contributed by atoms with Crippen molar-refractivity contribution in [2.75, 3.05) is 11.4 Å². The molecule has 1 aromatic carbocycles. The number of fused-ring (bicyclic) bond motifs is 1. The highest BCUT2D eigenvalue weighted by Crippen LogP contribution is 2.36. The third-order valence-corrected chi connectivity index (χ3v) is 4.07. The minimum atomic E-state index is 0.0786. The van der Waals surface area contributed by atoms with E-state index < -0.39 is 0 Å². The first-order valence-electron chi connectivity index (χ1n) is 7.24. The van der Waals surface area contributed by atoms with Crippen molar-refractivity contribution in [1.82, 2.24) is 9.78 Å². The lowest BCUT2D eigenvalue weighted by Crippen LogP contribution is -2.28. The monoisotopic (exact) mass is 283 g/mol. The normalized spacial score (nSPS) is 14.1. The Morgan fingerprint density at radius 2 is 2.10 bits per heavy atom. The van der Waals surface area contributed by atoms with E-state index in [0.29, 0.717) is 0 Å². The van der Waals surface area contributed by atoms with Crippen LogP contribution in [0.5, 0.6) is 0 Å². The van der Waals surface area contributed by atoms with E-state index in [1.807, 2.05) is 18.7 Å². The van der Waals surface area contributed by atoms with Crippen molar-refractivity contribution >= 4 is 17.3 Å². The van der Waals surface area contributed by atoms with Crippen LogP contribution in [0.3, 0.4) is 0 Å². The molecule has 0 radical (unpaired) electrons. The van der Waals surface area contributed by atoms with E-state index in [-0.39, 0.29) is 5.84 Å². The smallest absolute Gasteiger partial charge is 0.142 e. The Labute approximate surface area is 124 Å². The zero-order valence-electron chi connectivity index (χ0n) is 12.8. The van der Waals surface area contributed by atoms with Crippen LogP contribution in [-0.2, 0) is 13.5 Å². The fourth-order valence-electron chi connectivity index (χ4n) is 3.22. The maximum atomic E-state index is 7.86. The molecule has 3 N–H and O–H groups in total. The van der Waals surface area contributed by atoms with Gasteiger partial charge >= 0.3 is 0 Å². The van der Waals surface area contributed by atoms with E-state index >= 15 is 0 Å². The number of benzene rings is 1. The highest BCUT2D eigenvalue weighted by atomic mass is 15.4. The maximum Gasteiger partial charge on any atom is 0.142 e. The lowest BCUT2D eigenvalue weighted by Gasteiger charge is -2.32. The number of nitrogens with zero attached hydrogens (tertiary/aromatic N) is 3. The van der Waals surface area contributed by atoms with Crippen molar-refractivity contribution in [3.05, 3.63) is 40.6 Å². The number of rotatable bonds is 2. The standard InChI is InChI=1S/C16H21N5/c1-10-6-7-13-12(9-10)5-4-8-21(13)16-14(15(17)18)11(2)19-20(16)3/h6-7,9H,4-5,8H2,1-3H3,(H3,17,18). The predicted molar refractivity (Wildman–Crippen MR) is 85.5 cm³/mol. The molecule has 21 heavy (non-hydrogen) atoms. The Morgan fingerprint density at radius 3 is 2.81 bits per heavy atom. The summed E-state index contributed by atoms with van der Waals surface area (Å²) in [5.41, 5.74) is 11.2. The molecule has 110 valence electrons. The number of aryl methyl sites for hydroxylation is 4. The molecule has 0 fully saturated rings. The summed E-state index contributed by atoms with van der Waals surface area (Å²) >= 11 is 0. The molecule has 0 bridgehead atoms. The fraction of sp³-hybridized carbons (Fsp3) is 0.375. The molecule has 0 aliphatic carbocycles. The van der Waals surface area contributed by atoms with E-state index in [0.717, 1.165) is 36.5 Å². The maximum absolute atomic E-state index is 7.86. The second-order valence-electron chi connectivity index (χ2n) is 5.71. The van der Waals surface area contributed by atoms with Crippen LogP contribution in [0.25, 0.3) is 0 Å². The van der Waals surface area contributed by atoms with Crippen LogP contribution >= 0.6 is 0 Å². The first-order chi connectivity index (χ1) is 9.99. The Kier molecular flexibility index (Phi) is 3.20. The lowest BCUT2D eigenvalue weighted by atomic mass is 9.99. The molecular weight excluding hydrogens is 262 g/mol. The topological polar surface area (TPSA) is 70.9 Å². The molecule has 5 nitrogen and oxygen atoms in total. The van der Waals surface area contributed by atoms with E-state index in [4.69, 9.17) is 11.1 Å². The molecule has 0 amide bonds. The largest absolute Gasteiger partial charge is 0.384 e. The van der Waals surface area contributed by atoms with Crippen molar-refractivity contribution in [3.63, 3.8) is 0 Å². The van der Waals surface area contributed by atoms with E-state index in [1.165, 1.54) is 16.8 Å². The van der Waals surface area contributed by atoms with Gasteiger partial charge in [-0.15, -0.1) is 0 Å². The number of hydrogen-bond donors (Lipinski definition) is 2. The van der Waals surface area contributed by atoms with Crippen LogP contribution < -0.4 is 10.6 Å². The van der Waals surface area contributed by atoms with Crippen molar-refractivity contribution in [3.8, 4) is 0 Å². The average molecular weight is 283 g/mol. The third-order valence-electron chi connectivity index (χ3n) is 4.07. The summed E-state index contributed by atoms with van der Waals surface area (Å²) in [6, 6.07) is 6.54. The van der Waals surface area contributed by atoms with Gasteiger partial charge in [-0.2, -0.15) is 5.10 Å². The molecule has 1 aromatic heterocycles. The van der Waals surface area contributed by atoms with Gasteiger partial charge in [0.05, 0.1) is 11.3 Å². The summed E-state index contributed by atoms with van der Waals surface area (Å²) in [7, 11) is 1.91. The number of nitrogen functional groups attached to an aromatic ring is 1. The van der Waals surface area contributed by atoms with Crippen molar-refractivity contribution in [2.24, 2.45) is 12.8 Å². The molecule has 0 saturated carbocycles. The summed E-state index contributed by atoms with van der Waals surface area (Å²) in [4.78, 5) is 2.25. The zero-order valence-corrected chi connectivity index (χ0v) is 12.8. The molecular formula is C16H21N5. The summed E-state index contributed by atoms with van der Waals surface area (Å²) in [5, 5.41) is 12.3. The molecule has 0 spiro atoms. The molecule has 2 aromatic rings. The van der Waals surface area contributed by atoms with Gasteiger partial charge in [-0.25, -0.2) is 0 Å².